The van der Waals surface area contributed by atoms with Crippen LogP contribution in [-0.4, -0.2) is 5.78 Å². The molecule has 2 aliphatic carbocycles. The number of benzene rings is 1. The first-order valence-electron chi connectivity index (χ1n) is 6.36. The van der Waals surface area contributed by atoms with Crippen LogP contribution in [0.4, 0.5) is 0 Å². The lowest BCUT2D eigenvalue weighted by Crippen LogP contribution is -2.00. The fourth-order valence-electron chi connectivity index (χ4n) is 2.72. The van der Waals surface area contributed by atoms with E-state index in [0.717, 1.165) is 5.56 Å². The molecule has 0 N–H and O–H groups in total. The van der Waals surface area contributed by atoms with Crippen LogP contribution in [0.15, 0.2) is 18.2 Å². The van der Waals surface area contributed by atoms with E-state index >= 15 is 0 Å². The van der Waals surface area contributed by atoms with Crippen LogP contribution in [0.5, 0.6) is 0 Å². The van der Waals surface area contributed by atoms with E-state index in [0.29, 0.717) is 5.41 Å². The monoisotopic (exact) mass is 216 g/mol. The maximum atomic E-state index is 11.2. The molecule has 0 unspecified atom stereocenters. The van der Waals surface area contributed by atoms with Gasteiger partial charge in [0.05, 0.1) is 0 Å². The zero-order valence-electron chi connectivity index (χ0n) is 10.5. The minimum atomic E-state index is 0.185. The minimum absolute atomic E-state index is 0.185. The molecular weight excluding hydrogens is 196 g/mol. The lowest BCUT2D eigenvalue weighted by Gasteiger charge is -2.07. The molecule has 1 fully saturated rings. The van der Waals surface area contributed by atoms with Gasteiger partial charge in [-0.1, -0.05) is 26.0 Å². The molecule has 16 heavy (non-hydrogen) atoms. The van der Waals surface area contributed by atoms with Crippen molar-refractivity contribution in [1.29, 1.82) is 0 Å². The van der Waals surface area contributed by atoms with Gasteiger partial charge in [0.15, 0.2) is 5.78 Å². The standard InChI is InChI=1S/C13H14O.C2H6/c1-9(14)10-2-3-12-11(8-10)4-5-13(12)6-7-13;1-2/h2-3,8H,4-7H2,1H3;1-2H3. The molecule has 3 rings (SSSR count). The molecule has 0 saturated heterocycles. The molecule has 1 saturated carbocycles. The third-order valence-corrected chi connectivity index (χ3v) is 3.81. The summed E-state index contributed by atoms with van der Waals surface area (Å²) in [6.07, 6.45) is 5.21. The Hall–Kier alpha value is -1.11. The second-order valence-corrected chi connectivity index (χ2v) is 4.71. The van der Waals surface area contributed by atoms with Crippen molar-refractivity contribution in [2.24, 2.45) is 0 Å². The van der Waals surface area contributed by atoms with Crippen molar-refractivity contribution in [1.82, 2.24) is 0 Å². The Morgan fingerprint density at radius 3 is 2.44 bits per heavy atom. The molecule has 0 heterocycles. The lowest BCUT2D eigenvalue weighted by atomic mass is 9.97. The second kappa shape index (κ2) is 4.04. The molecule has 1 heteroatoms. The lowest BCUT2D eigenvalue weighted by molar-refractivity contribution is 0.101. The van der Waals surface area contributed by atoms with Crippen molar-refractivity contribution in [2.45, 2.75) is 51.9 Å². The number of Topliss-reactive ketones (excluding diaryl/α,β-unsaturated/α-hetero) is 1. The van der Waals surface area contributed by atoms with Crippen molar-refractivity contribution >= 4 is 5.78 Å². The summed E-state index contributed by atoms with van der Waals surface area (Å²) in [5, 5.41) is 0. The first-order chi connectivity index (χ1) is 7.71. The summed E-state index contributed by atoms with van der Waals surface area (Å²) < 4.78 is 0. The second-order valence-electron chi connectivity index (χ2n) is 4.71. The van der Waals surface area contributed by atoms with Gasteiger partial charge in [0.25, 0.3) is 0 Å². The molecule has 0 amide bonds. The third kappa shape index (κ3) is 1.68. The van der Waals surface area contributed by atoms with E-state index in [2.05, 4.69) is 12.1 Å². The number of hydrogen-bond donors (Lipinski definition) is 0. The molecular formula is C15H20O. The van der Waals surface area contributed by atoms with Crippen molar-refractivity contribution in [3.05, 3.63) is 34.9 Å². The van der Waals surface area contributed by atoms with Crippen molar-refractivity contribution in [3.8, 4) is 0 Å². The number of ketones is 1. The summed E-state index contributed by atoms with van der Waals surface area (Å²) in [6, 6.07) is 6.28. The predicted molar refractivity (Wildman–Crippen MR) is 67.0 cm³/mol. The topological polar surface area (TPSA) is 17.1 Å². The molecule has 0 aliphatic heterocycles. The van der Waals surface area contributed by atoms with Gasteiger partial charge in [-0.15, -0.1) is 0 Å². The molecule has 0 radical (unpaired) electrons. The minimum Gasteiger partial charge on any atom is -0.295 e. The molecule has 2 aliphatic rings. The molecule has 86 valence electrons. The van der Waals surface area contributed by atoms with Gasteiger partial charge in [0.2, 0.25) is 0 Å². The number of hydrogen-bond acceptors (Lipinski definition) is 1. The van der Waals surface area contributed by atoms with Crippen molar-refractivity contribution in [2.75, 3.05) is 0 Å². The van der Waals surface area contributed by atoms with Crippen LogP contribution in [0.25, 0.3) is 0 Å². The van der Waals surface area contributed by atoms with Crippen LogP contribution in [0.1, 0.15) is 61.5 Å². The Morgan fingerprint density at radius 1 is 1.19 bits per heavy atom. The molecule has 1 spiro atoms. The van der Waals surface area contributed by atoms with Gasteiger partial charge in [-0.2, -0.15) is 0 Å². The smallest absolute Gasteiger partial charge is 0.159 e. The van der Waals surface area contributed by atoms with Crippen LogP contribution < -0.4 is 0 Å². The molecule has 1 nitrogen and oxygen atoms in total. The fraction of sp³-hybridized carbons (Fsp3) is 0.533. The van der Waals surface area contributed by atoms with Gasteiger partial charge >= 0.3 is 0 Å². The van der Waals surface area contributed by atoms with E-state index in [1.54, 1.807) is 6.92 Å². The van der Waals surface area contributed by atoms with E-state index in [1.165, 1.54) is 36.8 Å². The highest BCUT2D eigenvalue weighted by molar-refractivity contribution is 5.94. The molecule has 0 bridgehead atoms. The molecule has 1 aromatic carbocycles. The highest BCUT2D eigenvalue weighted by atomic mass is 16.1. The summed E-state index contributed by atoms with van der Waals surface area (Å²) >= 11 is 0. The highest BCUT2D eigenvalue weighted by Gasteiger charge is 2.48. The summed E-state index contributed by atoms with van der Waals surface area (Å²) in [5.41, 5.74) is 4.38. The van der Waals surface area contributed by atoms with E-state index in [1.807, 2.05) is 19.9 Å². The summed E-state index contributed by atoms with van der Waals surface area (Å²) in [5.74, 6) is 0.185. The summed E-state index contributed by atoms with van der Waals surface area (Å²) in [7, 11) is 0. The van der Waals surface area contributed by atoms with Gasteiger partial charge < -0.3 is 0 Å². The van der Waals surface area contributed by atoms with Gasteiger partial charge in [-0.3, -0.25) is 4.79 Å². The van der Waals surface area contributed by atoms with Crippen molar-refractivity contribution in [3.63, 3.8) is 0 Å². The number of carbonyl (C=O) groups excluding carboxylic acids is 1. The van der Waals surface area contributed by atoms with Crippen LogP contribution in [0, 0.1) is 0 Å². The van der Waals surface area contributed by atoms with E-state index < -0.39 is 0 Å². The Morgan fingerprint density at radius 2 is 1.88 bits per heavy atom. The summed E-state index contributed by atoms with van der Waals surface area (Å²) in [4.78, 5) is 11.2. The first kappa shape index (κ1) is 11.4. The quantitative estimate of drug-likeness (QED) is 0.651. The van der Waals surface area contributed by atoms with Gasteiger partial charge in [0.1, 0.15) is 0 Å². The Kier molecular flexibility index (Phi) is 2.88. The zero-order chi connectivity index (χ0) is 11.8. The molecule has 0 aromatic heterocycles. The fourth-order valence-corrected chi connectivity index (χ4v) is 2.72. The number of fused-ring (bicyclic) bond motifs is 2. The SMILES string of the molecule is CC.CC(=O)c1ccc2c(c1)CCC21CC1. The number of carbonyl (C=O) groups is 1. The van der Waals surface area contributed by atoms with E-state index in [9.17, 15) is 4.79 Å². The Labute approximate surface area is 97.9 Å². The largest absolute Gasteiger partial charge is 0.295 e. The van der Waals surface area contributed by atoms with Crippen molar-refractivity contribution < 1.29 is 4.79 Å². The average molecular weight is 216 g/mol. The van der Waals surface area contributed by atoms with Gasteiger partial charge in [-0.05, 0) is 55.2 Å². The van der Waals surface area contributed by atoms with Crippen LogP contribution in [-0.2, 0) is 11.8 Å². The normalized spacial score (nSPS) is 18.7. The first-order valence-corrected chi connectivity index (χ1v) is 6.36. The highest BCUT2D eigenvalue weighted by Crippen LogP contribution is 2.56. The molecule has 0 atom stereocenters. The number of rotatable bonds is 1. The third-order valence-electron chi connectivity index (χ3n) is 3.81. The van der Waals surface area contributed by atoms with Crippen LogP contribution >= 0.6 is 0 Å². The Bertz CT molecular complexity index is 413. The average Bonchev–Trinajstić information content (AvgIpc) is 3.00. The summed E-state index contributed by atoms with van der Waals surface area (Å²) in [6.45, 7) is 5.64. The van der Waals surface area contributed by atoms with Crippen LogP contribution in [0.2, 0.25) is 0 Å². The predicted octanol–water partition coefficient (Wildman–Crippen LogP) is 3.89. The van der Waals surface area contributed by atoms with Gasteiger partial charge in [-0.25, -0.2) is 0 Å². The maximum absolute atomic E-state index is 11.2. The van der Waals surface area contributed by atoms with Gasteiger partial charge in [0, 0.05) is 5.56 Å². The maximum Gasteiger partial charge on any atom is 0.159 e. The van der Waals surface area contributed by atoms with Crippen LogP contribution in [0.3, 0.4) is 0 Å². The number of aryl methyl sites for hydroxylation is 1. The van der Waals surface area contributed by atoms with E-state index in [4.69, 9.17) is 0 Å². The zero-order valence-corrected chi connectivity index (χ0v) is 10.5. The molecule has 1 aromatic rings. The van der Waals surface area contributed by atoms with E-state index in [-0.39, 0.29) is 5.78 Å². The Balaban J connectivity index is 0.000000457.